The number of rotatable bonds is 5. The molecular weight excluding hydrogens is 816 g/mol. The van der Waals surface area contributed by atoms with Gasteiger partial charge in [-0.1, -0.05) is 114 Å². The SMILES string of the molecule is C.CC(=O)c1ccccc1.O=C(O)CO.O=C1CCC(Br)C(=O)N1.O=C1CCC(n2nc(-c3ccccc3)ccc2=O)C(=O)N1.O=c1ccc(-c2ccccc2)n[nH]1. The fourth-order valence-electron chi connectivity index (χ4n) is 4.78. The first-order valence-corrected chi connectivity index (χ1v) is 18.2. The predicted molar refractivity (Wildman–Crippen MR) is 219 cm³/mol. The lowest BCUT2D eigenvalue weighted by Crippen LogP contribution is -2.45. The Morgan fingerprint density at radius 3 is 1.62 bits per heavy atom. The summed E-state index contributed by atoms with van der Waals surface area (Å²) in [5, 5.41) is 30.0. The number of ketones is 1. The number of carboxylic acids is 1. The molecule has 17 heteroatoms. The van der Waals surface area contributed by atoms with Crippen LogP contribution in [0.3, 0.4) is 0 Å². The molecule has 3 aromatic carbocycles. The number of H-pyrrole nitrogens is 1. The van der Waals surface area contributed by atoms with Gasteiger partial charge in [0.25, 0.3) is 17.0 Å². The van der Waals surface area contributed by atoms with Crippen LogP contribution in [0.15, 0.2) is 125 Å². The van der Waals surface area contributed by atoms with E-state index in [9.17, 15) is 33.6 Å². The number of carbonyl (C=O) groups excluding carboxylic acids is 5. The lowest BCUT2D eigenvalue weighted by molar-refractivity contribution is -0.140. The Kier molecular flexibility index (Phi) is 20.2. The quantitative estimate of drug-likeness (QED) is 0.0953. The van der Waals surface area contributed by atoms with Crippen molar-refractivity contribution in [1.82, 2.24) is 30.6 Å². The number of nitrogens with zero attached hydrogens (tertiary/aromatic N) is 3. The maximum atomic E-state index is 12.0. The third kappa shape index (κ3) is 16.2. The van der Waals surface area contributed by atoms with Crippen LogP contribution in [0, 0.1) is 0 Å². The number of aromatic amines is 1. The molecule has 2 aromatic heterocycles. The summed E-state index contributed by atoms with van der Waals surface area (Å²) in [6, 6.07) is 33.8. The smallest absolute Gasteiger partial charge is 0.329 e. The van der Waals surface area contributed by atoms with Crippen LogP contribution < -0.4 is 21.8 Å². The highest BCUT2D eigenvalue weighted by Crippen LogP contribution is 2.19. The van der Waals surface area contributed by atoms with E-state index in [4.69, 9.17) is 15.0 Å². The normalized spacial score (nSPS) is 15.2. The Labute approximate surface area is 341 Å². The van der Waals surface area contributed by atoms with Gasteiger partial charge in [0.2, 0.25) is 17.7 Å². The minimum Gasteiger partial charge on any atom is -0.480 e. The van der Waals surface area contributed by atoms with Gasteiger partial charge in [0, 0.05) is 41.7 Å². The molecule has 5 aromatic rings. The number of alkyl halides is 1. The number of nitrogens with one attached hydrogen (secondary N) is 3. The lowest BCUT2D eigenvalue weighted by Gasteiger charge is -2.22. The van der Waals surface area contributed by atoms with Gasteiger partial charge in [0.1, 0.15) is 12.6 Å². The van der Waals surface area contributed by atoms with Gasteiger partial charge in [-0.15, -0.1) is 0 Å². The number of aliphatic hydroxyl groups excluding tert-OH is 1. The zero-order valence-electron chi connectivity index (χ0n) is 30.5. The van der Waals surface area contributed by atoms with Crippen LogP contribution >= 0.6 is 15.9 Å². The number of benzene rings is 3. The Morgan fingerprint density at radius 2 is 1.19 bits per heavy atom. The van der Waals surface area contributed by atoms with Crippen molar-refractivity contribution in [2.45, 2.75) is 50.9 Å². The summed E-state index contributed by atoms with van der Waals surface area (Å²) in [5.74, 6) is -2.25. The van der Waals surface area contributed by atoms with E-state index in [0.29, 0.717) is 18.5 Å². The summed E-state index contributed by atoms with van der Waals surface area (Å²) in [6.45, 7) is 0.787. The minimum absolute atomic E-state index is 0. The highest BCUT2D eigenvalue weighted by atomic mass is 79.9. The molecule has 2 saturated heterocycles. The second kappa shape index (κ2) is 24.7. The van der Waals surface area contributed by atoms with E-state index in [2.05, 4.69) is 41.9 Å². The first-order chi connectivity index (χ1) is 27.3. The zero-order chi connectivity index (χ0) is 41.7. The predicted octanol–water partition coefficient (Wildman–Crippen LogP) is 4.10. The van der Waals surface area contributed by atoms with Crippen molar-refractivity contribution >= 4 is 51.3 Å². The van der Waals surface area contributed by atoms with Gasteiger partial charge in [0.15, 0.2) is 5.78 Å². The average molecular weight is 860 g/mol. The monoisotopic (exact) mass is 858 g/mol. The van der Waals surface area contributed by atoms with Gasteiger partial charge in [0.05, 0.1) is 16.2 Å². The second-order valence-electron chi connectivity index (χ2n) is 11.9. The van der Waals surface area contributed by atoms with Gasteiger partial charge in [-0.3, -0.25) is 44.2 Å². The molecule has 0 spiro atoms. The van der Waals surface area contributed by atoms with E-state index in [1.807, 2.05) is 91.0 Å². The van der Waals surface area contributed by atoms with Gasteiger partial charge in [-0.05, 0) is 31.9 Å². The fourth-order valence-corrected chi connectivity index (χ4v) is 5.12. The lowest BCUT2D eigenvalue weighted by atomic mass is 10.1. The Hall–Kier alpha value is -6.72. The summed E-state index contributed by atoms with van der Waals surface area (Å²) in [7, 11) is 0. The van der Waals surface area contributed by atoms with Crippen LogP contribution in [-0.4, -0.2) is 77.0 Å². The second-order valence-corrected chi connectivity index (χ2v) is 13.0. The van der Waals surface area contributed by atoms with E-state index in [1.54, 1.807) is 19.1 Å². The van der Waals surface area contributed by atoms with Crippen LogP contribution in [0.1, 0.15) is 56.4 Å². The third-order valence-electron chi connectivity index (χ3n) is 7.64. The van der Waals surface area contributed by atoms with Crippen molar-refractivity contribution in [1.29, 1.82) is 0 Å². The largest absolute Gasteiger partial charge is 0.480 e. The molecule has 5 N–H and O–H groups in total. The molecule has 2 aliphatic heterocycles. The number of aromatic nitrogens is 4. The maximum absolute atomic E-state index is 12.0. The molecule has 0 bridgehead atoms. The van der Waals surface area contributed by atoms with Crippen molar-refractivity contribution in [2.24, 2.45) is 0 Å². The molecule has 304 valence electrons. The van der Waals surface area contributed by atoms with Crippen LogP contribution in [-0.2, 0) is 24.0 Å². The first kappa shape index (κ1) is 47.4. The van der Waals surface area contributed by atoms with Gasteiger partial charge >= 0.3 is 5.97 Å². The van der Waals surface area contributed by atoms with Crippen molar-refractivity contribution in [3.63, 3.8) is 0 Å². The standard InChI is InChI=1S/C15H13N3O3.C10H8N2O.C8H8O.C5H6BrNO2.C2H4O3.CH4/c19-13-8-7-12(15(21)16-13)18-14(20)9-6-11(17-18)10-4-2-1-3-5-10;13-10-7-6-9(11-12-10)8-4-2-1-3-5-8;1-7(9)8-5-3-2-4-6-8;6-3-1-2-4(8)7-5(3)9;3-1-2(4)5;/h1-6,9,12H,7-8H2,(H,16,19,21);1-7H,(H,12,13);2-6H,1H3;3H,1-2H2,(H,7,8,9);3H,1H2,(H,4,5);1H4. The van der Waals surface area contributed by atoms with E-state index in [-0.39, 0.29) is 59.7 Å². The molecule has 2 aliphatic rings. The van der Waals surface area contributed by atoms with Gasteiger partial charge in [-0.2, -0.15) is 10.2 Å². The Morgan fingerprint density at radius 1 is 0.707 bits per heavy atom. The topological polar surface area (TPSA) is 248 Å². The van der Waals surface area contributed by atoms with Crippen LogP contribution in [0.2, 0.25) is 0 Å². The summed E-state index contributed by atoms with van der Waals surface area (Å²) in [6.07, 6.45) is 1.56. The molecular formula is C41H43BrN6O10. The van der Waals surface area contributed by atoms with Crippen molar-refractivity contribution in [2.75, 3.05) is 6.61 Å². The number of amides is 4. The summed E-state index contributed by atoms with van der Waals surface area (Å²) >= 11 is 3.12. The third-order valence-corrected chi connectivity index (χ3v) is 8.51. The Bertz CT molecular complexity index is 2230. The summed E-state index contributed by atoms with van der Waals surface area (Å²) < 4.78 is 1.16. The number of imide groups is 2. The molecule has 0 saturated carbocycles. The molecule has 16 nitrogen and oxygen atoms in total. The number of Topliss-reactive ketones (excluding diaryl/α,β-unsaturated/α-hetero) is 1. The maximum Gasteiger partial charge on any atom is 0.329 e. The first-order valence-electron chi connectivity index (χ1n) is 17.3. The number of halogens is 1. The van der Waals surface area contributed by atoms with E-state index >= 15 is 0 Å². The van der Waals surface area contributed by atoms with Crippen LogP contribution in [0.4, 0.5) is 0 Å². The summed E-state index contributed by atoms with van der Waals surface area (Å²) in [5.41, 5.74) is 3.48. The zero-order valence-corrected chi connectivity index (χ0v) is 32.1. The Balaban J connectivity index is 0.000000271. The average Bonchev–Trinajstić information content (AvgIpc) is 3.22. The minimum atomic E-state index is -1.19. The molecule has 2 unspecified atom stereocenters. The van der Waals surface area contributed by atoms with Crippen LogP contribution in [0.5, 0.6) is 0 Å². The van der Waals surface area contributed by atoms with Gasteiger partial charge < -0.3 is 10.2 Å². The molecule has 4 heterocycles. The number of carboxylic acid groups (broad SMARTS) is 1. The molecule has 0 aliphatic carbocycles. The molecule has 4 amide bonds. The molecule has 2 atom stereocenters. The number of carbonyl (C=O) groups is 6. The van der Waals surface area contributed by atoms with Crippen molar-refractivity contribution < 1.29 is 39.0 Å². The highest BCUT2D eigenvalue weighted by molar-refractivity contribution is 9.10. The van der Waals surface area contributed by atoms with E-state index < -0.39 is 24.5 Å². The number of hydrogen-bond acceptors (Lipinski definition) is 11. The van der Waals surface area contributed by atoms with Crippen molar-refractivity contribution in [3.05, 3.63) is 142 Å². The summed E-state index contributed by atoms with van der Waals surface area (Å²) in [4.78, 5) is 86.4. The molecule has 2 fully saturated rings. The van der Waals surface area contributed by atoms with Crippen molar-refractivity contribution in [3.8, 4) is 22.5 Å². The van der Waals surface area contributed by atoms with Gasteiger partial charge in [-0.25, -0.2) is 14.6 Å². The van der Waals surface area contributed by atoms with E-state index in [1.165, 1.54) is 12.1 Å². The molecule has 0 radical (unpaired) electrons. The number of hydrogen-bond donors (Lipinski definition) is 5. The van der Waals surface area contributed by atoms with E-state index in [0.717, 1.165) is 27.1 Å². The fraction of sp³-hybridized carbons (Fsp3) is 0.220. The highest BCUT2D eigenvalue weighted by Gasteiger charge is 2.29. The number of aliphatic hydroxyl groups is 1. The van der Waals surface area contributed by atoms with Crippen LogP contribution in [0.25, 0.3) is 22.5 Å². The number of aliphatic carboxylic acids is 1. The molecule has 7 rings (SSSR count). The number of piperidine rings is 2. The molecule has 58 heavy (non-hydrogen) atoms.